The first-order chi connectivity index (χ1) is 7.08. The van der Waals surface area contributed by atoms with Crippen LogP contribution in [0.2, 0.25) is 0 Å². The van der Waals surface area contributed by atoms with Crippen molar-refractivity contribution in [1.29, 1.82) is 0 Å². The van der Waals surface area contributed by atoms with Gasteiger partial charge in [0.2, 0.25) is 5.95 Å². The maximum absolute atomic E-state index is 6.18. The number of aryl methyl sites for hydroxylation is 2. The van der Waals surface area contributed by atoms with Crippen molar-refractivity contribution in [3.05, 3.63) is 17.5 Å². The predicted molar refractivity (Wildman–Crippen MR) is 62.5 cm³/mol. The standard InChI is InChI=1S/C11H16ClN3/c1-7-4-13-11(14-9(7)3)15-5-8(2)10(12)6-15/h4,8,10H,5-6H2,1-3H3. The predicted octanol–water partition coefficient (Wildman–Crippen LogP) is 2.16. The molecule has 2 heterocycles. The molecule has 2 rings (SSSR count). The van der Waals surface area contributed by atoms with Gasteiger partial charge in [0, 0.05) is 25.0 Å². The van der Waals surface area contributed by atoms with Crippen LogP contribution in [0.1, 0.15) is 18.2 Å². The number of halogens is 1. The fourth-order valence-electron chi connectivity index (χ4n) is 1.76. The molecule has 2 atom stereocenters. The van der Waals surface area contributed by atoms with Crippen molar-refractivity contribution < 1.29 is 0 Å². The zero-order chi connectivity index (χ0) is 11.0. The Kier molecular flexibility index (Phi) is 2.83. The monoisotopic (exact) mass is 225 g/mol. The number of hydrogen-bond donors (Lipinski definition) is 0. The van der Waals surface area contributed by atoms with Crippen LogP contribution in [0.25, 0.3) is 0 Å². The van der Waals surface area contributed by atoms with Crippen LogP contribution in [-0.4, -0.2) is 28.4 Å². The Morgan fingerprint density at radius 2 is 2.13 bits per heavy atom. The normalized spacial score (nSPS) is 26.0. The highest BCUT2D eigenvalue weighted by atomic mass is 35.5. The summed E-state index contributed by atoms with van der Waals surface area (Å²) in [6.07, 6.45) is 1.88. The van der Waals surface area contributed by atoms with Gasteiger partial charge in [-0.05, 0) is 25.3 Å². The lowest BCUT2D eigenvalue weighted by Gasteiger charge is -2.16. The van der Waals surface area contributed by atoms with Crippen LogP contribution in [0.4, 0.5) is 5.95 Å². The lowest BCUT2D eigenvalue weighted by atomic mass is 10.2. The van der Waals surface area contributed by atoms with E-state index in [2.05, 4.69) is 21.8 Å². The van der Waals surface area contributed by atoms with Gasteiger partial charge in [0.15, 0.2) is 0 Å². The molecule has 0 aliphatic carbocycles. The molecule has 1 aromatic rings. The summed E-state index contributed by atoms with van der Waals surface area (Å²) in [6.45, 7) is 8.01. The average Bonchev–Trinajstić information content (AvgIpc) is 2.52. The molecule has 4 heteroatoms. The largest absolute Gasteiger partial charge is 0.339 e. The van der Waals surface area contributed by atoms with Crippen LogP contribution in [0.5, 0.6) is 0 Å². The molecule has 0 bridgehead atoms. The summed E-state index contributed by atoms with van der Waals surface area (Å²) in [5.74, 6) is 1.32. The summed E-state index contributed by atoms with van der Waals surface area (Å²) in [7, 11) is 0. The van der Waals surface area contributed by atoms with Crippen LogP contribution in [0.3, 0.4) is 0 Å². The Hall–Kier alpha value is -0.830. The first-order valence-corrected chi connectivity index (χ1v) is 5.71. The number of rotatable bonds is 1. The maximum atomic E-state index is 6.18. The summed E-state index contributed by atoms with van der Waals surface area (Å²) >= 11 is 6.18. The Morgan fingerprint density at radius 3 is 2.67 bits per heavy atom. The second kappa shape index (κ2) is 3.97. The second-order valence-corrected chi connectivity index (χ2v) is 4.90. The first kappa shape index (κ1) is 10.7. The molecule has 0 radical (unpaired) electrons. The van der Waals surface area contributed by atoms with Crippen molar-refractivity contribution in [2.45, 2.75) is 26.1 Å². The SMILES string of the molecule is Cc1cnc(N2CC(C)C(Cl)C2)nc1C. The van der Waals surface area contributed by atoms with Crippen molar-refractivity contribution in [1.82, 2.24) is 9.97 Å². The van der Waals surface area contributed by atoms with E-state index in [1.54, 1.807) is 0 Å². The summed E-state index contributed by atoms with van der Waals surface area (Å²) in [4.78, 5) is 11.0. The summed E-state index contributed by atoms with van der Waals surface area (Å²) in [5.41, 5.74) is 2.18. The molecule has 15 heavy (non-hydrogen) atoms. The fraction of sp³-hybridized carbons (Fsp3) is 0.636. The quantitative estimate of drug-likeness (QED) is 0.686. The lowest BCUT2D eigenvalue weighted by molar-refractivity contribution is 0.664. The molecular weight excluding hydrogens is 210 g/mol. The highest BCUT2D eigenvalue weighted by molar-refractivity contribution is 6.21. The van der Waals surface area contributed by atoms with Gasteiger partial charge in [0.25, 0.3) is 0 Å². The van der Waals surface area contributed by atoms with E-state index in [0.717, 1.165) is 30.3 Å². The van der Waals surface area contributed by atoms with Crippen LogP contribution in [-0.2, 0) is 0 Å². The van der Waals surface area contributed by atoms with Gasteiger partial charge in [-0.25, -0.2) is 9.97 Å². The van der Waals surface area contributed by atoms with Gasteiger partial charge in [-0.2, -0.15) is 0 Å². The van der Waals surface area contributed by atoms with E-state index in [-0.39, 0.29) is 5.38 Å². The molecule has 1 aromatic heterocycles. The number of nitrogens with zero attached hydrogens (tertiary/aromatic N) is 3. The Balaban J connectivity index is 2.20. The Labute approximate surface area is 95.5 Å². The maximum Gasteiger partial charge on any atom is 0.225 e. The van der Waals surface area contributed by atoms with Crippen molar-refractivity contribution in [3.63, 3.8) is 0 Å². The van der Waals surface area contributed by atoms with Crippen molar-refractivity contribution in [3.8, 4) is 0 Å². The van der Waals surface area contributed by atoms with Crippen molar-refractivity contribution >= 4 is 17.5 Å². The van der Waals surface area contributed by atoms with E-state index < -0.39 is 0 Å². The summed E-state index contributed by atoms with van der Waals surface area (Å²) in [5, 5.41) is 0.218. The van der Waals surface area contributed by atoms with Gasteiger partial charge >= 0.3 is 0 Å². The smallest absolute Gasteiger partial charge is 0.225 e. The minimum absolute atomic E-state index is 0.218. The third kappa shape index (κ3) is 2.07. The fourth-order valence-corrected chi connectivity index (χ4v) is 2.00. The van der Waals surface area contributed by atoms with Gasteiger partial charge in [0.1, 0.15) is 0 Å². The van der Waals surface area contributed by atoms with Crippen LogP contribution in [0.15, 0.2) is 6.20 Å². The zero-order valence-corrected chi connectivity index (χ0v) is 10.1. The van der Waals surface area contributed by atoms with Gasteiger partial charge in [-0.3, -0.25) is 0 Å². The van der Waals surface area contributed by atoms with E-state index in [9.17, 15) is 0 Å². The van der Waals surface area contributed by atoms with Gasteiger partial charge in [-0.1, -0.05) is 6.92 Å². The summed E-state index contributed by atoms with van der Waals surface area (Å²) in [6, 6.07) is 0. The first-order valence-electron chi connectivity index (χ1n) is 5.27. The average molecular weight is 226 g/mol. The van der Waals surface area contributed by atoms with Crippen LogP contribution >= 0.6 is 11.6 Å². The molecule has 0 amide bonds. The highest BCUT2D eigenvalue weighted by Gasteiger charge is 2.29. The minimum atomic E-state index is 0.218. The van der Waals surface area contributed by atoms with Crippen LogP contribution in [0, 0.1) is 19.8 Å². The van der Waals surface area contributed by atoms with E-state index in [4.69, 9.17) is 11.6 Å². The number of aromatic nitrogens is 2. The molecule has 1 aliphatic heterocycles. The van der Waals surface area contributed by atoms with Crippen molar-refractivity contribution in [2.75, 3.05) is 18.0 Å². The molecule has 0 spiro atoms. The number of anilines is 1. The third-order valence-corrected chi connectivity index (χ3v) is 3.58. The lowest BCUT2D eigenvalue weighted by Crippen LogP contribution is -2.22. The number of alkyl halides is 1. The molecule has 82 valence electrons. The van der Waals surface area contributed by atoms with E-state index in [0.29, 0.717) is 5.92 Å². The molecule has 1 aliphatic rings. The Morgan fingerprint density at radius 1 is 1.40 bits per heavy atom. The molecule has 1 fully saturated rings. The molecule has 1 saturated heterocycles. The topological polar surface area (TPSA) is 29.0 Å². The minimum Gasteiger partial charge on any atom is -0.339 e. The molecule has 0 N–H and O–H groups in total. The highest BCUT2D eigenvalue weighted by Crippen LogP contribution is 2.24. The Bertz CT molecular complexity index is 357. The van der Waals surface area contributed by atoms with Crippen molar-refractivity contribution in [2.24, 2.45) is 5.92 Å². The third-order valence-electron chi connectivity index (χ3n) is 3.02. The van der Waals surface area contributed by atoms with E-state index in [1.807, 2.05) is 20.0 Å². The van der Waals surface area contributed by atoms with E-state index >= 15 is 0 Å². The second-order valence-electron chi connectivity index (χ2n) is 4.34. The van der Waals surface area contributed by atoms with Gasteiger partial charge < -0.3 is 4.90 Å². The summed E-state index contributed by atoms with van der Waals surface area (Å²) < 4.78 is 0. The molecule has 0 saturated carbocycles. The van der Waals surface area contributed by atoms with Gasteiger partial charge in [0.05, 0.1) is 5.38 Å². The molecule has 2 unspecified atom stereocenters. The van der Waals surface area contributed by atoms with Gasteiger partial charge in [-0.15, -0.1) is 11.6 Å². The number of hydrogen-bond acceptors (Lipinski definition) is 3. The molecular formula is C11H16ClN3. The molecule has 3 nitrogen and oxygen atoms in total. The molecule has 0 aromatic carbocycles. The van der Waals surface area contributed by atoms with E-state index in [1.165, 1.54) is 0 Å². The zero-order valence-electron chi connectivity index (χ0n) is 9.37. The van der Waals surface area contributed by atoms with Crippen LogP contribution < -0.4 is 4.90 Å².